The molecule has 1 saturated heterocycles. The highest BCUT2D eigenvalue weighted by Crippen LogP contribution is 2.32. The molecule has 1 unspecified atom stereocenters. The van der Waals surface area contributed by atoms with Gasteiger partial charge in [-0.05, 0) is 20.3 Å². The minimum atomic E-state index is -0.495. The first-order valence-electron chi connectivity index (χ1n) is 7.17. The first-order valence-corrected chi connectivity index (χ1v) is 7.17. The van der Waals surface area contributed by atoms with Crippen LogP contribution in [0.15, 0.2) is 6.07 Å². The van der Waals surface area contributed by atoms with E-state index in [0.29, 0.717) is 25.6 Å². The zero-order valence-electron chi connectivity index (χ0n) is 12.8. The van der Waals surface area contributed by atoms with Crippen molar-refractivity contribution in [2.45, 2.75) is 26.9 Å². The monoisotopic (exact) mass is 293 g/mol. The van der Waals surface area contributed by atoms with Crippen LogP contribution in [0, 0.1) is 5.41 Å². The Morgan fingerprint density at radius 3 is 2.90 bits per heavy atom. The van der Waals surface area contributed by atoms with Crippen molar-refractivity contribution < 1.29 is 9.53 Å². The number of ether oxygens (including phenoxy) is 1. The fourth-order valence-corrected chi connectivity index (χ4v) is 2.39. The summed E-state index contributed by atoms with van der Waals surface area (Å²) >= 11 is 0. The number of amides is 1. The predicted molar refractivity (Wildman–Crippen MR) is 81.0 cm³/mol. The average molecular weight is 293 g/mol. The van der Waals surface area contributed by atoms with Crippen molar-refractivity contribution in [1.29, 1.82) is 0 Å². The van der Waals surface area contributed by atoms with Gasteiger partial charge in [0.15, 0.2) is 5.82 Å². The number of anilines is 2. The van der Waals surface area contributed by atoms with E-state index >= 15 is 0 Å². The number of hydrogen-bond acceptors (Lipinski definition) is 6. The van der Waals surface area contributed by atoms with E-state index in [-0.39, 0.29) is 5.91 Å². The van der Waals surface area contributed by atoms with E-state index in [1.54, 1.807) is 0 Å². The molecule has 7 nitrogen and oxygen atoms in total. The van der Waals surface area contributed by atoms with Crippen molar-refractivity contribution in [3.05, 3.63) is 11.9 Å². The van der Waals surface area contributed by atoms with Crippen molar-refractivity contribution >= 4 is 17.5 Å². The van der Waals surface area contributed by atoms with Crippen LogP contribution in [0.4, 0.5) is 11.6 Å². The number of nitrogens with one attached hydrogen (secondary N) is 1. The largest absolute Gasteiger partial charge is 0.374 e. The van der Waals surface area contributed by atoms with Crippen LogP contribution in [0.2, 0.25) is 0 Å². The Bertz CT molecular complexity index is 522. The quantitative estimate of drug-likeness (QED) is 0.804. The van der Waals surface area contributed by atoms with Crippen molar-refractivity contribution in [2.24, 2.45) is 11.1 Å². The lowest BCUT2D eigenvalue weighted by molar-refractivity contribution is -0.125. The number of rotatable bonds is 6. The number of hydrogen-bond donors (Lipinski definition) is 2. The van der Waals surface area contributed by atoms with E-state index in [2.05, 4.69) is 20.2 Å². The lowest BCUT2D eigenvalue weighted by Gasteiger charge is -2.22. The second-order valence-corrected chi connectivity index (χ2v) is 5.51. The summed E-state index contributed by atoms with van der Waals surface area (Å²) in [6, 6.07) is 1.88. The molecule has 1 amide bonds. The van der Waals surface area contributed by atoms with Gasteiger partial charge in [-0.3, -0.25) is 4.79 Å². The molecule has 3 N–H and O–H groups in total. The maximum absolute atomic E-state index is 11.6. The molecule has 1 aliphatic heterocycles. The van der Waals surface area contributed by atoms with Gasteiger partial charge < -0.3 is 20.7 Å². The Kier molecular flexibility index (Phi) is 4.62. The molecular weight excluding hydrogens is 270 g/mol. The highest BCUT2D eigenvalue weighted by atomic mass is 16.5. The van der Waals surface area contributed by atoms with Gasteiger partial charge in [0.1, 0.15) is 18.2 Å². The Morgan fingerprint density at radius 1 is 1.57 bits per heavy atom. The van der Waals surface area contributed by atoms with Crippen molar-refractivity contribution in [2.75, 3.05) is 37.0 Å². The van der Waals surface area contributed by atoms with Crippen molar-refractivity contribution in [3.8, 4) is 0 Å². The molecule has 7 heteroatoms. The molecule has 116 valence electrons. The number of carbonyl (C=O) groups excluding carboxylic acids is 1. The molecule has 2 rings (SSSR count). The molecule has 0 radical (unpaired) electrons. The summed E-state index contributed by atoms with van der Waals surface area (Å²) in [6.45, 7) is 6.16. The Labute approximate surface area is 124 Å². The fourth-order valence-electron chi connectivity index (χ4n) is 2.39. The fraction of sp³-hybridized carbons (Fsp3) is 0.643. The zero-order valence-corrected chi connectivity index (χ0v) is 12.8. The van der Waals surface area contributed by atoms with Crippen molar-refractivity contribution in [1.82, 2.24) is 9.97 Å². The first-order chi connectivity index (χ1) is 9.98. The molecule has 21 heavy (non-hydrogen) atoms. The third-order valence-corrected chi connectivity index (χ3v) is 3.84. The van der Waals surface area contributed by atoms with Crippen LogP contribution in [0.5, 0.6) is 0 Å². The molecule has 1 fully saturated rings. The van der Waals surface area contributed by atoms with E-state index < -0.39 is 5.41 Å². The summed E-state index contributed by atoms with van der Waals surface area (Å²) in [5, 5.41) is 3.03. The lowest BCUT2D eigenvalue weighted by Crippen LogP contribution is -2.37. The van der Waals surface area contributed by atoms with E-state index in [4.69, 9.17) is 10.5 Å². The number of nitrogens with two attached hydrogens (primary N) is 1. The van der Waals surface area contributed by atoms with Gasteiger partial charge in [-0.2, -0.15) is 0 Å². The highest BCUT2D eigenvalue weighted by molar-refractivity contribution is 5.82. The second-order valence-electron chi connectivity index (χ2n) is 5.51. The van der Waals surface area contributed by atoms with Crippen LogP contribution in [0.25, 0.3) is 0 Å². The zero-order chi connectivity index (χ0) is 15.5. The molecule has 0 bridgehead atoms. The minimum absolute atomic E-state index is 0.262. The molecule has 1 aromatic heterocycles. The standard InChI is InChI=1S/C14H23N5O2/c1-4-21-8-11-17-10(16-3)7-12(18-11)19-6-5-14(2,9-19)13(15)20/h7H,4-6,8-9H2,1-3H3,(H2,15,20)(H,16,17,18). The summed E-state index contributed by atoms with van der Waals surface area (Å²) in [7, 11) is 1.81. The maximum atomic E-state index is 11.6. The van der Waals surface area contributed by atoms with Gasteiger partial charge in [0.25, 0.3) is 0 Å². The van der Waals surface area contributed by atoms with Gasteiger partial charge in [-0.1, -0.05) is 0 Å². The van der Waals surface area contributed by atoms with Crippen LogP contribution in [0.1, 0.15) is 26.1 Å². The molecule has 2 heterocycles. The Balaban J connectivity index is 2.21. The van der Waals surface area contributed by atoms with Crippen molar-refractivity contribution in [3.63, 3.8) is 0 Å². The maximum Gasteiger partial charge on any atom is 0.225 e. The third kappa shape index (κ3) is 3.41. The summed E-state index contributed by atoms with van der Waals surface area (Å²) in [5.74, 6) is 1.91. The van der Waals surface area contributed by atoms with Crippen LogP contribution in [-0.4, -0.2) is 42.6 Å². The third-order valence-electron chi connectivity index (χ3n) is 3.84. The number of nitrogens with zero attached hydrogens (tertiary/aromatic N) is 3. The summed E-state index contributed by atoms with van der Waals surface area (Å²) in [4.78, 5) is 22.5. The molecule has 0 aromatic carbocycles. The van der Waals surface area contributed by atoms with Crippen LogP contribution >= 0.6 is 0 Å². The summed E-state index contributed by atoms with van der Waals surface area (Å²) in [5.41, 5.74) is 5.00. The van der Waals surface area contributed by atoms with Gasteiger partial charge in [-0.25, -0.2) is 9.97 Å². The predicted octanol–water partition coefficient (Wildman–Crippen LogP) is 0.757. The number of carbonyl (C=O) groups is 1. The first kappa shape index (κ1) is 15.5. The van der Waals surface area contributed by atoms with Gasteiger partial charge in [0, 0.05) is 32.8 Å². The van der Waals surface area contributed by atoms with E-state index in [0.717, 1.165) is 24.6 Å². The molecule has 0 spiro atoms. The molecule has 0 aliphatic carbocycles. The van der Waals surface area contributed by atoms with Crippen LogP contribution in [-0.2, 0) is 16.1 Å². The van der Waals surface area contributed by atoms with E-state index in [1.807, 2.05) is 27.0 Å². The number of aromatic nitrogens is 2. The number of primary amides is 1. The van der Waals surface area contributed by atoms with Gasteiger partial charge >= 0.3 is 0 Å². The van der Waals surface area contributed by atoms with Crippen LogP contribution < -0.4 is 16.0 Å². The highest BCUT2D eigenvalue weighted by Gasteiger charge is 2.39. The topological polar surface area (TPSA) is 93.4 Å². The van der Waals surface area contributed by atoms with Gasteiger partial charge in [-0.15, -0.1) is 0 Å². The van der Waals surface area contributed by atoms with E-state index in [9.17, 15) is 4.79 Å². The molecule has 0 saturated carbocycles. The molecule has 1 atom stereocenters. The van der Waals surface area contributed by atoms with Gasteiger partial charge in [0.2, 0.25) is 5.91 Å². The lowest BCUT2D eigenvalue weighted by atomic mass is 9.89. The molecule has 1 aromatic rings. The smallest absolute Gasteiger partial charge is 0.225 e. The normalized spacial score (nSPS) is 21.6. The SMILES string of the molecule is CCOCc1nc(NC)cc(N2CCC(C)(C(N)=O)C2)n1. The Morgan fingerprint density at radius 2 is 2.33 bits per heavy atom. The second kappa shape index (κ2) is 6.26. The molecule has 1 aliphatic rings. The Hall–Kier alpha value is -1.89. The minimum Gasteiger partial charge on any atom is -0.374 e. The molecular formula is C14H23N5O2. The van der Waals surface area contributed by atoms with E-state index in [1.165, 1.54) is 0 Å². The van der Waals surface area contributed by atoms with Gasteiger partial charge in [0.05, 0.1) is 5.41 Å². The average Bonchev–Trinajstić information content (AvgIpc) is 2.89. The summed E-state index contributed by atoms with van der Waals surface area (Å²) < 4.78 is 5.37. The van der Waals surface area contributed by atoms with Crippen LogP contribution in [0.3, 0.4) is 0 Å². The summed E-state index contributed by atoms with van der Waals surface area (Å²) in [6.07, 6.45) is 0.738.